The van der Waals surface area contributed by atoms with Gasteiger partial charge in [0.1, 0.15) is 6.17 Å². The molecule has 0 spiro atoms. The zero-order chi connectivity index (χ0) is 20.9. The van der Waals surface area contributed by atoms with Crippen LogP contribution in [0.2, 0.25) is 5.02 Å². The third-order valence-electron chi connectivity index (χ3n) is 6.69. The van der Waals surface area contributed by atoms with E-state index >= 15 is 0 Å². The summed E-state index contributed by atoms with van der Waals surface area (Å²) in [5, 5.41) is 4.42. The van der Waals surface area contributed by atoms with Gasteiger partial charge in [-0.05, 0) is 74.0 Å². The van der Waals surface area contributed by atoms with Crippen LogP contribution in [0.3, 0.4) is 0 Å². The number of hydrogen-bond donors (Lipinski definition) is 1. The molecule has 0 aromatic heterocycles. The maximum atomic E-state index is 13.0. The van der Waals surface area contributed by atoms with E-state index in [0.717, 1.165) is 74.2 Å². The van der Waals surface area contributed by atoms with Crippen molar-refractivity contribution in [1.82, 2.24) is 4.90 Å². The van der Waals surface area contributed by atoms with E-state index < -0.39 is 11.7 Å². The highest BCUT2D eigenvalue weighted by Crippen LogP contribution is 2.43. The minimum absolute atomic E-state index is 0.192. The second kappa shape index (κ2) is 7.65. The van der Waals surface area contributed by atoms with Crippen LogP contribution in [0.1, 0.15) is 41.9 Å². The van der Waals surface area contributed by atoms with Crippen molar-refractivity contribution in [2.24, 2.45) is 0 Å². The molecular formula is C23H25ClF3N3. The SMILES string of the molecule is FC(F)(F)c1cccc(C2CCN(CC3Nc4cc(Cl)cc5c4N3CCC5)CC2)c1. The van der Waals surface area contributed by atoms with Crippen molar-refractivity contribution >= 4 is 23.0 Å². The van der Waals surface area contributed by atoms with Crippen molar-refractivity contribution in [3.8, 4) is 0 Å². The zero-order valence-electron chi connectivity index (χ0n) is 16.7. The zero-order valence-corrected chi connectivity index (χ0v) is 17.4. The van der Waals surface area contributed by atoms with Crippen LogP contribution >= 0.6 is 11.6 Å². The molecule has 1 saturated heterocycles. The van der Waals surface area contributed by atoms with Crippen molar-refractivity contribution in [3.05, 3.63) is 58.1 Å². The molecule has 0 radical (unpaired) electrons. The Morgan fingerprint density at radius 2 is 1.87 bits per heavy atom. The number of halogens is 4. The van der Waals surface area contributed by atoms with Crippen LogP contribution in [-0.2, 0) is 12.6 Å². The fourth-order valence-corrected chi connectivity index (χ4v) is 5.46. The van der Waals surface area contributed by atoms with Crippen molar-refractivity contribution in [2.45, 2.75) is 43.9 Å². The average molecular weight is 436 g/mol. The summed E-state index contributed by atoms with van der Waals surface area (Å²) in [7, 11) is 0. The molecule has 2 aromatic rings. The average Bonchev–Trinajstić information content (AvgIpc) is 3.06. The van der Waals surface area contributed by atoms with E-state index in [0.29, 0.717) is 0 Å². The number of alkyl halides is 3. The fraction of sp³-hybridized carbons (Fsp3) is 0.478. The van der Waals surface area contributed by atoms with Gasteiger partial charge in [0.2, 0.25) is 0 Å². The van der Waals surface area contributed by atoms with E-state index in [1.165, 1.54) is 23.4 Å². The molecular weight excluding hydrogens is 411 g/mol. The molecule has 1 unspecified atom stereocenters. The van der Waals surface area contributed by atoms with Gasteiger partial charge in [-0.2, -0.15) is 13.2 Å². The predicted molar refractivity (Wildman–Crippen MR) is 114 cm³/mol. The Kier molecular flexibility index (Phi) is 5.10. The van der Waals surface area contributed by atoms with Crippen molar-refractivity contribution in [1.29, 1.82) is 0 Å². The number of aryl methyl sites for hydroxylation is 1. The lowest BCUT2D eigenvalue weighted by atomic mass is 9.88. The minimum Gasteiger partial charge on any atom is -0.362 e. The lowest BCUT2D eigenvalue weighted by Gasteiger charge is -2.37. The first-order valence-electron chi connectivity index (χ1n) is 10.6. The number of likely N-dealkylation sites (tertiary alicyclic amines) is 1. The van der Waals surface area contributed by atoms with Crippen molar-refractivity contribution in [2.75, 3.05) is 36.4 Å². The van der Waals surface area contributed by atoms with Crippen LogP contribution < -0.4 is 10.2 Å². The molecule has 160 valence electrons. The predicted octanol–water partition coefficient (Wildman–Crippen LogP) is 5.74. The summed E-state index contributed by atoms with van der Waals surface area (Å²) >= 11 is 6.29. The number of anilines is 2. The van der Waals surface area contributed by atoms with Crippen LogP contribution in [0.4, 0.5) is 24.5 Å². The number of nitrogens with one attached hydrogen (secondary N) is 1. The maximum absolute atomic E-state index is 13.0. The first-order chi connectivity index (χ1) is 14.4. The first-order valence-corrected chi connectivity index (χ1v) is 11.0. The quantitative estimate of drug-likeness (QED) is 0.663. The van der Waals surface area contributed by atoms with E-state index in [4.69, 9.17) is 11.6 Å². The van der Waals surface area contributed by atoms with E-state index in [9.17, 15) is 13.2 Å². The van der Waals surface area contributed by atoms with Gasteiger partial charge in [-0.1, -0.05) is 29.8 Å². The monoisotopic (exact) mass is 435 g/mol. The molecule has 30 heavy (non-hydrogen) atoms. The van der Waals surface area contributed by atoms with E-state index in [1.807, 2.05) is 12.1 Å². The van der Waals surface area contributed by atoms with Crippen LogP contribution in [0, 0.1) is 0 Å². The number of rotatable bonds is 3. The van der Waals surface area contributed by atoms with E-state index in [-0.39, 0.29) is 12.1 Å². The topological polar surface area (TPSA) is 18.5 Å². The van der Waals surface area contributed by atoms with Crippen LogP contribution in [0.15, 0.2) is 36.4 Å². The summed E-state index contributed by atoms with van der Waals surface area (Å²) in [6.07, 6.45) is -0.0899. The molecule has 0 bridgehead atoms. The summed E-state index contributed by atoms with van der Waals surface area (Å²) in [6, 6.07) is 9.94. The summed E-state index contributed by atoms with van der Waals surface area (Å²) in [5.74, 6) is 0.192. The molecule has 7 heteroatoms. The summed E-state index contributed by atoms with van der Waals surface area (Å²) in [5.41, 5.74) is 4.01. The minimum atomic E-state index is -4.28. The Bertz CT molecular complexity index is 938. The van der Waals surface area contributed by atoms with Crippen molar-refractivity contribution in [3.63, 3.8) is 0 Å². The molecule has 3 heterocycles. The van der Waals surface area contributed by atoms with Gasteiger partial charge >= 0.3 is 6.18 Å². The molecule has 3 nitrogen and oxygen atoms in total. The Hall–Kier alpha value is -1.92. The van der Waals surface area contributed by atoms with Crippen LogP contribution in [0.5, 0.6) is 0 Å². The van der Waals surface area contributed by atoms with Gasteiger partial charge in [0.15, 0.2) is 0 Å². The third-order valence-corrected chi connectivity index (χ3v) is 6.91. The Morgan fingerprint density at radius 1 is 1.07 bits per heavy atom. The number of benzene rings is 2. The van der Waals surface area contributed by atoms with Gasteiger partial charge in [0.05, 0.1) is 16.9 Å². The van der Waals surface area contributed by atoms with Gasteiger partial charge < -0.3 is 10.2 Å². The molecule has 3 aliphatic heterocycles. The van der Waals surface area contributed by atoms with Crippen molar-refractivity contribution < 1.29 is 13.2 Å². The summed E-state index contributed by atoms with van der Waals surface area (Å²) in [6.45, 7) is 3.74. The maximum Gasteiger partial charge on any atom is 0.416 e. The normalized spacial score (nSPS) is 22.1. The lowest BCUT2D eigenvalue weighted by Crippen LogP contribution is -2.48. The second-order valence-corrected chi connectivity index (χ2v) is 9.05. The Labute approximate surface area is 179 Å². The fourth-order valence-electron chi connectivity index (χ4n) is 5.22. The van der Waals surface area contributed by atoms with Gasteiger partial charge in [-0.3, -0.25) is 4.90 Å². The largest absolute Gasteiger partial charge is 0.416 e. The van der Waals surface area contributed by atoms with Crippen LogP contribution in [0.25, 0.3) is 0 Å². The van der Waals surface area contributed by atoms with Gasteiger partial charge in [0, 0.05) is 18.1 Å². The molecule has 2 aromatic carbocycles. The van der Waals surface area contributed by atoms with Gasteiger partial charge in [-0.25, -0.2) is 0 Å². The van der Waals surface area contributed by atoms with Gasteiger partial charge in [0.25, 0.3) is 0 Å². The number of hydrogen-bond acceptors (Lipinski definition) is 3. The highest BCUT2D eigenvalue weighted by atomic mass is 35.5. The van der Waals surface area contributed by atoms with E-state index in [2.05, 4.69) is 21.2 Å². The number of nitrogens with zero attached hydrogens (tertiary/aromatic N) is 2. The smallest absolute Gasteiger partial charge is 0.362 e. The number of piperidine rings is 1. The Morgan fingerprint density at radius 3 is 2.63 bits per heavy atom. The summed E-state index contributed by atoms with van der Waals surface area (Å²) in [4.78, 5) is 4.90. The first kappa shape index (κ1) is 20.0. The van der Waals surface area contributed by atoms with Crippen LogP contribution in [-0.4, -0.2) is 37.2 Å². The molecule has 3 aliphatic rings. The lowest BCUT2D eigenvalue weighted by molar-refractivity contribution is -0.137. The highest BCUT2D eigenvalue weighted by Gasteiger charge is 2.35. The standard InChI is InChI=1S/C23H25ClF3N3/c24-19-12-17-4-2-8-30-21(28-20(13-19)22(17)30)14-29-9-6-15(7-10-29)16-3-1-5-18(11-16)23(25,26)27/h1,3,5,11-13,15,21,28H,2,4,6-10,14H2. The molecule has 1 fully saturated rings. The molecule has 1 N–H and O–H groups in total. The summed E-state index contributed by atoms with van der Waals surface area (Å²) < 4.78 is 39.1. The molecule has 0 amide bonds. The molecule has 5 rings (SSSR count). The highest BCUT2D eigenvalue weighted by molar-refractivity contribution is 6.31. The third kappa shape index (κ3) is 3.76. The Balaban J connectivity index is 1.23. The van der Waals surface area contributed by atoms with Gasteiger partial charge in [-0.15, -0.1) is 0 Å². The molecule has 0 saturated carbocycles. The van der Waals surface area contributed by atoms with E-state index in [1.54, 1.807) is 0 Å². The molecule has 1 atom stereocenters. The molecule has 0 aliphatic carbocycles. The second-order valence-electron chi connectivity index (χ2n) is 8.62.